The van der Waals surface area contributed by atoms with Crippen molar-refractivity contribution in [1.82, 2.24) is 14.9 Å². The van der Waals surface area contributed by atoms with Gasteiger partial charge in [0, 0.05) is 12.3 Å². The van der Waals surface area contributed by atoms with Crippen molar-refractivity contribution in [2.24, 2.45) is 5.92 Å². The van der Waals surface area contributed by atoms with Crippen LogP contribution in [-0.4, -0.2) is 40.8 Å². The summed E-state index contributed by atoms with van der Waals surface area (Å²) in [4.78, 5) is 11.1. The van der Waals surface area contributed by atoms with Crippen LogP contribution in [0.1, 0.15) is 29.9 Å². The molecule has 5 heteroatoms. The molecule has 0 saturated carbocycles. The maximum absolute atomic E-state index is 9.22. The van der Waals surface area contributed by atoms with E-state index in [9.17, 15) is 5.26 Å². The summed E-state index contributed by atoms with van der Waals surface area (Å²) in [6.07, 6.45) is 2.55. The van der Waals surface area contributed by atoms with Crippen LogP contribution in [0.15, 0.2) is 5.03 Å². The van der Waals surface area contributed by atoms with Crippen molar-refractivity contribution in [2.75, 3.05) is 25.9 Å². The molecule has 102 valence electrons. The van der Waals surface area contributed by atoms with E-state index in [0.29, 0.717) is 11.5 Å². The lowest BCUT2D eigenvalue weighted by molar-refractivity contribution is 0.224. The van der Waals surface area contributed by atoms with Crippen molar-refractivity contribution in [3.05, 3.63) is 17.1 Å². The molecule has 1 atom stereocenters. The minimum atomic E-state index is 0.639. The van der Waals surface area contributed by atoms with E-state index >= 15 is 0 Å². The fourth-order valence-corrected chi connectivity index (χ4v) is 3.72. The lowest BCUT2D eigenvalue weighted by atomic mass is 10.0. The van der Waals surface area contributed by atoms with E-state index in [-0.39, 0.29) is 0 Å². The Morgan fingerprint density at radius 3 is 2.89 bits per heavy atom. The second-order valence-electron chi connectivity index (χ2n) is 5.23. The van der Waals surface area contributed by atoms with Crippen molar-refractivity contribution in [1.29, 1.82) is 5.26 Å². The fraction of sp³-hybridized carbons (Fsp3) is 0.643. The summed E-state index contributed by atoms with van der Waals surface area (Å²) in [6, 6.07) is 2.23. The van der Waals surface area contributed by atoms with Crippen molar-refractivity contribution < 1.29 is 0 Å². The van der Waals surface area contributed by atoms with Crippen molar-refractivity contribution in [2.45, 2.75) is 31.7 Å². The molecule has 0 aromatic carbocycles. The average molecular weight is 276 g/mol. The Morgan fingerprint density at radius 1 is 1.42 bits per heavy atom. The third kappa shape index (κ3) is 3.68. The Bertz CT molecular complexity index is 495. The molecule has 1 aliphatic rings. The molecular weight excluding hydrogens is 256 g/mol. The minimum Gasteiger partial charge on any atom is -0.306 e. The molecule has 0 bridgehead atoms. The quantitative estimate of drug-likeness (QED) is 0.627. The number of likely N-dealkylation sites (tertiary alicyclic amines) is 1. The molecule has 0 unspecified atom stereocenters. The zero-order valence-corrected chi connectivity index (χ0v) is 12.6. The van der Waals surface area contributed by atoms with Gasteiger partial charge in [-0.15, -0.1) is 11.8 Å². The number of aryl methyl sites for hydroxylation is 2. The molecule has 1 aromatic rings. The van der Waals surface area contributed by atoms with Crippen molar-refractivity contribution in [3.63, 3.8) is 0 Å². The van der Waals surface area contributed by atoms with E-state index in [1.165, 1.54) is 19.4 Å². The Balaban J connectivity index is 2.05. The van der Waals surface area contributed by atoms with E-state index < -0.39 is 0 Å². The highest BCUT2D eigenvalue weighted by Gasteiger charge is 2.19. The first-order chi connectivity index (χ1) is 9.10. The van der Waals surface area contributed by atoms with Crippen LogP contribution in [-0.2, 0) is 0 Å². The van der Waals surface area contributed by atoms with E-state index in [4.69, 9.17) is 0 Å². The number of rotatable bonds is 3. The fourth-order valence-electron chi connectivity index (χ4n) is 2.52. The molecule has 0 N–H and O–H groups in total. The van der Waals surface area contributed by atoms with Gasteiger partial charge in [0.2, 0.25) is 0 Å². The summed E-state index contributed by atoms with van der Waals surface area (Å²) in [5.74, 6) is 2.49. The van der Waals surface area contributed by atoms with Crippen LogP contribution >= 0.6 is 11.8 Å². The van der Waals surface area contributed by atoms with Gasteiger partial charge in [0.15, 0.2) is 0 Å². The molecule has 1 aliphatic heterocycles. The largest absolute Gasteiger partial charge is 0.306 e. The van der Waals surface area contributed by atoms with Crippen LogP contribution in [0.5, 0.6) is 0 Å². The summed E-state index contributed by atoms with van der Waals surface area (Å²) in [6.45, 7) is 6.12. The van der Waals surface area contributed by atoms with Gasteiger partial charge in [-0.2, -0.15) is 5.26 Å². The van der Waals surface area contributed by atoms with Crippen molar-refractivity contribution in [3.8, 4) is 6.07 Å². The first kappa shape index (κ1) is 14.3. The van der Waals surface area contributed by atoms with Crippen LogP contribution in [0.25, 0.3) is 0 Å². The predicted molar refractivity (Wildman–Crippen MR) is 77.2 cm³/mol. The number of thioether (sulfide) groups is 1. The van der Waals surface area contributed by atoms with Crippen molar-refractivity contribution >= 4 is 11.8 Å². The first-order valence-electron chi connectivity index (χ1n) is 6.67. The lowest BCUT2D eigenvalue weighted by Crippen LogP contribution is -2.33. The number of piperidine rings is 1. The van der Waals surface area contributed by atoms with Gasteiger partial charge in [-0.05, 0) is 46.2 Å². The second kappa shape index (κ2) is 6.36. The van der Waals surface area contributed by atoms with Gasteiger partial charge in [0.05, 0.1) is 5.69 Å². The van der Waals surface area contributed by atoms with Gasteiger partial charge in [0.1, 0.15) is 22.5 Å². The average Bonchev–Trinajstić information content (AvgIpc) is 2.36. The highest BCUT2D eigenvalue weighted by atomic mass is 32.2. The smallest absolute Gasteiger partial charge is 0.126 e. The molecule has 1 fully saturated rings. The van der Waals surface area contributed by atoms with Gasteiger partial charge < -0.3 is 4.90 Å². The molecule has 0 radical (unpaired) electrons. The lowest BCUT2D eigenvalue weighted by Gasteiger charge is -2.29. The number of nitrogens with zero attached hydrogens (tertiary/aromatic N) is 4. The molecule has 4 nitrogen and oxygen atoms in total. The van der Waals surface area contributed by atoms with Crippen LogP contribution in [0, 0.1) is 31.1 Å². The summed E-state index contributed by atoms with van der Waals surface area (Å²) < 4.78 is 0. The molecule has 2 heterocycles. The molecular formula is C14H20N4S. The maximum Gasteiger partial charge on any atom is 0.126 e. The number of aromatic nitrogens is 2. The van der Waals surface area contributed by atoms with Crippen LogP contribution in [0.3, 0.4) is 0 Å². The molecule has 0 amide bonds. The topological polar surface area (TPSA) is 52.8 Å². The summed E-state index contributed by atoms with van der Waals surface area (Å²) in [5.41, 5.74) is 1.43. The zero-order chi connectivity index (χ0) is 13.8. The maximum atomic E-state index is 9.22. The summed E-state index contributed by atoms with van der Waals surface area (Å²) in [5, 5.41) is 10.1. The minimum absolute atomic E-state index is 0.639. The Hall–Kier alpha value is -1.12. The van der Waals surface area contributed by atoms with E-state index in [2.05, 4.69) is 28.0 Å². The van der Waals surface area contributed by atoms with Gasteiger partial charge in [-0.25, -0.2) is 9.97 Å². The molecule has 2 rings (SSSR count). The predicted octanol–water partition coefficient (Wildman–Crippen LogP) is 2.40. The molecule has 1 aromatic heterocycles. The Morgan fingerprint density at radius 2 is 2.21 bits per heavy atom. The summed E-state index contributed by atoms with van der Waals surface area (Å²) >= 11 is 1.71. The summed E-state index contributed by atoms with van der Waals surface area (Å²) in [7, 11) is 2.18. The second-order valence-corrected chi connectivity index (χ2v) is 6.24. The highest BCUT2D eigenvalue weighted by Crippen LogP contribution is 2.27. The van der Waals surface area contributed by atoms with Crippen LogP contribution in [0.2, 0.25) is 0 Å². The SMILES string of the molecule is Cc1nc(C)c(C#N)c(SC[C@@H]2CCCN(C)C2)n1. The molecule has 1 saturated heterocycles. The van der Waals surface area contributed by atoms with Crippen LogP contribution < -0.4 is 0 Å². The number of nitriles is 1. The standard InChI is InChI=1S/C14H20N4S/c1-10-13(7-15)14(17-11(2)16-10)19-9-12-5-4-6-18(3)8-12/h12H,4-6,8-9H2,1-3H3/t12-/m1/s1. The van der Waals surface area contributed by atoms with E-state index in [0.717, 1.165) is 28.8 Å². The first-order valence-corrected chi connectivity index (χ1v) is 7.65. The van der Waals surface area contributed by atoms with Gasteiger partial charge >= 0.3 is 0 Å². The molecule has 0 aliphatic carbocycles. The molecule has 19 heavy (non-hydrogen) atoms. The third-order valence-electron chi connectivity index (χ3n) is 3.46. The Kier molecular flexibility index (Phi) is 4.78. The van der Waals surface area contributed by atoms with E-state index in [1.54, 1.807) is 11.8 Å². The number of hydrogen-bond acceptors (Lipinski definition) is 5. The normalized spacial score (nSPS) is 20.2. The highest BCUT2D eigenvalue weighted by molar-refractivity contribution is 7.99. The Labute approximate surface area is 119 Å². The van der Waals surface area contributed by atoms with E-state index in [1.807, 2.05) is 13.8 Å². The third-order valence-corrected chi connectivity index (χ3v) is 4.67. The molecule has 0 spiro atoms. The zero-order valence-electron chi connectivity index (χ0n) is 11.8. The monoisotopic (exact) mass is 276 g/mol. The van der Waals surface area contributed by atoms with Crippen LogP contribution in [0.4, 0.5) is 0 Å². The van der Waals surface area contributed by atoms with Gasteiger partial charge in [-0.3, -0.25) is 0 Å². The van der Waals surface area contributed by atoms with Gasteiger partial charge in [0.25, 0.3) is 0 Å². The number of hydrogen-bond donors (Lipinski definition) is 0. The van der Waals surface area contributed by atoms with Gasteiger partial charge in [-0.1, -0.05) is 0 Å².